The van der Waals surface area contributed by atoms with E-state index in [9.17, 15) is 14.4 Å². The van der Waals surface area contributed by atoms with Crippen molar-refractivity contribution in [1.82, 2.24) is 4.90 Å². The van der Waals surface area contributed by atoms with E-state index in [1.807, 2.05) is 7.05 Å². The van der Waals surface area contributed by atoms with Gasteiger partial charge in [-0.1, -0.05) is 0 Å². The summed E-state index contributed by atoms with van der Waals surface area (Å²) in [5.74, 6) is -3.36. The minimum absolute atomic E-state index is 0.324. The maximum absolute atomic E-state index is 12.7. The van der Waals surface area contributed by atoms with Gasteiger partial charge in [0.25, 0.3) is 5.79 Å². The molecule has 2 saturated heterocycles. The molecule has 2 atom stereocenters. The van der Waals surface area contributed by atoms with Gasteiger partial charge in [-0.2, -0.15) is 0 Å². The third-order valence-corrected chi connectivity index (χ3v) is 4.25. The van der Waals surface area contributed by atoms with Gasteiger partial charge in [0, 0.05) is 32.2 Å². The molecule has 0 amide bonds. The summed E-state index contributed by atoms with van der Waals surface area (Å²) in [6, 6.07) is 0. The second-order valence-electron chi connectivity index (χ2n) is 5.85. The normalized spacial score (nSPS) is 37.4. The molecule has 3 heterocycles. The van der Waals surface area contributed by atoms with Crippen LogP contribution in [0.5, 0.6) is 0 Å². The highest BCUT2D eigenvalue weighted by Crippen LogP contribution is 2.44. The fourth-order valence-corrected chi connectivity index (χ4v) is 3.06. The molecule has 0 aromatic rings. The Labute approximate surface area is 121 Å². The van der Waals surface area contributed by atoms with Gasteiger partial charge in [-0.15, -0.1) is 0 Å². The number of carbonyl (C=O) groups is 3. The molecular weight excluding hydrogens is 278 g/mol. The Morgan fingerprint density at radius 2 is 1.76 bits per heavy atom. The lowest BCUT2D eigenvalue weighted by Gasteiger charge is -2.36. The second-order valence-corrected chi connectivity index (χ2v) is 5.85. The summed E-state index contributed by atoms with van der Waals surface area (Å²) in [6.07, 6.45) is 1.67. The van der Waals surface area contributed by atoms with Gasteiger partial charge in [0.05, 0.1) is 0 Å². The molecule has 3 rings (SSSR count). The van der Waals surface area contributed by atoms with Crippen LogP contribution in [0.3, 0.4) is 0 Å². The smallest absolute Gasteiger partial charge is 0.333 e. The van der Waals surface area contributed by atoms with Crippen molar-refractivity contribution in [2.45, 2.75) is 37.3 Å². The molecule has 0 radical (unpaired) electrons. The summed E-state index contributed by atoms with van der Waals surface area (Å²) in [4.78, 5) is 38.0. The molecule has 1 spiro atoms. The lowest BCUT2D eigenvalue weighted by molar-refractivity contribution is -0.260. The number of esters is 2. The van der Waals surface area contributed by atoms with E-state index >= 15 is 0 Å². The number of piperidine rings is 1. The zero-order valence-electron chi connectivity index (χ0n) is 12.0. The summed E-state index contributed by atoms with van der Waals surface area (Å²) < 4.78 is 16.2. The predicted octanol–water partition coefficient (Wildman–Crippen LogP) is -0.209. The summed E-state index contributed by atoms with van der Waals surface area (Å²) in [5.41, 5.74) is -1.04. The molecule has 0 aromatic heterocycles. The van der Waals surface area contributed by atoms with Crippen LogP contribution in [0.25, 0.3) is 0 Å². The molecule has 0 aromatic carbocycles. The SMILES string of the molecule is CN1CCC2(CC1)OC1(C)OC(=O)/C=C\C(=O)OC1C2=O. The number of rotatable bonds is 0. The van der Waals surface area contributed by atoms with Gasteiger partial charge in [-0.3, -0.25) is 4.79 Å². The van der Waals surface area contributed by atoms with Crippen molar-refractivity contribution in [3.05, 3.63) is 12.2 Å². The number of likely N-dealkylation sites (tertiary alicyclic amines) is 1. The van der Waals surface area contributed by atoms with Crippen LogP contribution in [-0.2, 0) is 28.6 Å². The zero-order chi connectivity index (χ0) is 15.3. The van der Waals surface area contributed by atoms with Crippen LogP contribution >= 0.6 is 0 Å². The second kappa shape index (κ2) is 4.64. The van der Waals surface area contributed by atoms with Crippen molar-refractivity contribution < 1.29 is 28.6 Å². The molecule has 7 heteroatoms. The predicted molar refractivity (Wildman–Crippen MR) is 69.1 cm³/mol. The molecular formula is C14H17NO6. The average Bonchev–Trinajstić information content (AvgIpc) is 2.60. The molecule has 2 fully saturated rings. The maximum atomic E-state index is 12.7. The molecule has 3 aliphatic rings. The van der Waals surface area contributed by atoms with Crippen LogP contribution in [0, 0.1) is 0 Å². The Hall–Kier alpha value is -1.73. The molecule has 0 N–H and O–H groups in total. The highest BCUT2D eigenvalue weighted by Gasteiger charge is 2.65. The van der Waals surface area contributed by atoms with Crippen LogP contribution < -0.4 is 0 Å². The first kappa shape index (κ1) is 14.2. The van der Waals surface area contributed by atoms with E-state index < -0.39 is 29.4 Å². The molecule has 0 saturated carbocycles. The molecule has 7 nitrogen and oxygen atoms in total. The van der Waals surface area contributed by atoms with E-state index in [0.29, 0.717) is 25.9 Å². The number of carbonyl (C=O) groups excluding carboxylic acids is 3. The quantitative estimate of drug-likeness (QED) is 0.572. The van der Waals surface area contributed by atoms with Gasteiger partial charge < -0.3 is 19.1 Å². The van der Waals surface area contributed by atoms with Gasteiger partial charge >= 0.3 is 11.9 Å². The Morgan fingerprint density at radius 1 is 1.14 bits per heavy atom. The largest absolute Gasteiger partial charge is 0.444 e. The number of ketones is 1. The first-order chi connectivity index (χ1) is 9.85. The van der Waals surface area contributed by atoms with Gasteiger partial charge in [0.2, 0.25) is 11.9 Å². The molecule has 2 unspecified atom stereocenters. The number of Topliss-reactive ketones (excluding diaryl/α,β-unsaturated/α-hetero) is 1. The summed E-state index contributed by atoms with van der Waals surface area (Å²) >= 11 is 0. The fourth-order valence-electron chi connectivity index (χ4n) is 3.06. The van der Waals surface area contributed by atoms with Crippen LogP contribution in [0.15, 0.2) is 12.2 Å². The summed E-state index contributed by atoms with van der Waals surface area (Å²) in [6.45, 7) is 2.84. The third-order valence-electron chi connectivity index (χ3n) is 4.25. The van der Waals surface area contributed by atoms with Crippen LogP contribution in [0.2, 0.25) is 0 Å². The van der Waals surface area contributed by atoms with Gasteiger partial charge in [0.15, 0.2) is 0 Å². The monoisotopic (exact) mass is 295 g/mol. The van der Waals surface area contributed by atoms with Gasteiger partial charge in [-0.25, -0.2) is 9.59 Å². The van der Waals surface area contributed by atoms with Gasteiger partial charge in [-0.05, 0) is 19.9 Å². The van der Waals surface area contributed by atoms with E-state index in [0.717, 1.165) is 12.2 Å². The standard InChI is InChI=1S/C14H17NO6/c1-13-12(19-9(16)3-4-10(17)20-13)11(18)14(21-13)5-7-15(2)8-6-14/h3-4,12H,5-8H2,1-2H3/b4-3-. The number of fused-ring (bicyclic) bond motifs is 1. The lowest BCUT2D eigenvalue weighted by atomic mass is 9.86. The Kier molecular flexibility index (Phi) is 3.14. The molecule has 0 bridgehead atoms. The highest BCUT2D eigenvalue weighted by molar-refractivity contribution is 5.99. The lowest BCUT2D eigenvalue weighted by Crippen LogP contribution is -2.48. The number of hydrogen-bond acceptors (Lipinski definition) is 7. The number of nitrogens with zero attached hydrogens (tertiary/aromatic N) is 1. The molecule has 3 aliphatic heterocycles. The first-order valence-electron chi connectivity index (χ1n) is 6.89. The minimum atomic E-state index is -1.56. The maximum Gasteiger partial charge on any atom is 0.333 e. The average molecular weight is 295 g/mol. The first-order valence-corrected chi connectivity index (χ1v) is 6.89. The summed E-state index contributed by atoms with van der Waals surface area (Å²) in [5, 5.41) is 0. The number of hydrogen-bond donors (Lipinski definition) is 0. The third kappa shape index (κ3) is 2.26. The van der Waals surface area contributed by atoms with Crippen LogP contribution in [0.1, 0.15) is 19.8 Å². The van der Waals surface area contributed by atoms with Crippen LogP contribution in [-0.4, -0.2) is 60.3 Å². The van der Waals surface area contributed by atoms with E-state index in [2.05, 4.69) is 4.90 Å². The van der Waals surface area contributed by atoms with E-state index in [-0.39, 0.29) is 5.78 Å². The fraction of sp³-hybridized carbons (Fsp3) is 0.643. The molecule has 21 heavy (non-hydrogen) atoms. The van der Waals surface area contributed by atoms with E-state index in [1.54, 1.807) is 0 Å². The molecule has 0 aliphatic carbocycles. The van der Waals surface area contributed by atoms with Crippen molar-refractivity contribution >= 4 is 17.7 Å². The highest BCUT2D eigenvalue weighted by atomic mass is 16.8. The van der Waals surface area contributed by atoms with Gasteiger partial charge in [0.1, 0.15) is 5.60 Å². The number of ether oxygens (including phenoxy) is 3. The van der Waals surface area contributed by atoms with Crippen molar-refractivity contribution in [1.29, 1.82) is 0 Å². The van der Waals surface area contributed by atoms with E-state index in [1.165, 1.54) is 6.92 Å². The van der Waals surface area contributed by atoms with Crippen molar-refractivity contribution in [3.63, 3.8) is 0 Å². The topological polar surface area (TPSA) is 82.1 Å². The Bertz CT molecular complexity index is 534. The molecule has 114 valence electrons. The zero-order valence-corrected chi connectivity index (χ0v) is 12.0. The summed E-state index contributed by atoms with van der Waals surface area (Å²) in [7, 11) is 1.96. The minimum Gasteiger partial charge on any atom is -0.444 e. The van der Waals surface area contributed by atoms with Crippen LogP contribution in [0.4, 0.5) is 0 Å². The van der Waals surface area contributed by atoms with Crippen molar-refractivity contribution in [3.8, 4) is 0 Å². The Balaban J connectivity index is 1.94. The van der Waals surface area contributed by atoms with E-state index in [4.69, 9.17) is 14.2 Å². The van der Waals surface area contributed by atoms with Crippen molar-refractivity contribution in [2.24, 2.45) is 0 Å². The Morgan fingerprint density at radius 3 is 2.43 bits per heavy atom. The van der Waals surface area contributed by atoms with Crippen molar-refractivity contribution in [2.75, 3.05) is 20.1 Å².